The fraction of sp³-hybridized carbons (Fsp3) is 0.500. The van der Waals surface area contributed by atoms with E-state index in [0.29, 0.717) is 0 Å². The van der Waals surface area contributed by atoms with Crippen molar-refractivity contribution in [1.29, 1.82) is 0 Å². The molecule has 0 bridgehead atoms. The minimum Gasteiger partial charge on any atom is -0.484 e. The Morgan fingerprint density at radius 1 is 0.929 bits per heavy atom. The van der Waals surface area contributed by atoms with E-state index in [2.05, 4.69) is 52.7 Å². The standard InChI is InChI=1S/C4H4N.2C4H9.Zr/c1-2-4-5-3-1;2*1-4(2)3;/h1-3,5H;2*1-3H3;/q3*-1;+3. The maximum absolute atomic E-state index is 2.74. The van der Waals surface area contributed by atoms with Crippen LogP contribution in [-0.2, 0) is 26.2 Å². The Hall–Kier alpha value is 0.163. The molecule has 0 aliphatic heterocycles. The van der Waals surface area contributed by atoms with Crippen LogP contribution in [0.1, 0.15) is 41.5 Å². The van der Waals surface area contributed by atoms with Crippen LogP contribution in [0.4, 0.5) is 0 Å². The molecule has 1 aromatic rings. The summed E-state index contributed by atoms with van der Waals surface area (Å²) in [4.78, 5) is 2.74. The van der Waals surface area contributed by atoms with Gasteiger partial charge in [0.05, 0.1) is 0 Å². The van der Waals surface area contributed by atoms with Crippen LogP contribution in [0.3, 0.4) is 0 Å². The molecular formula is C12H22NZr. The van der Waals surface area contributed by atoms with Crippen LogP contribution in [-0.4, -0.2) is 4.98 Å². The second kappa shape index (κ2) is 15.6. The van der Waals surface area contributed by atoms with Crippen molar-refractivity contribution >= 4 is 0 Å². The third-order valence-electron chi connectivity index (χ3n) is 0.442. The number of hydrogen-bond acceptors (Lipinski definition) is 0. The van der Waals surface area contributed by atoms with Crippen molar-refractivity contribution in [2.75, 3.05) is 0 Å². The number of aromatic nitrogens is 1. The molecule has 1 nitrogen and oxygen atoms in total. The predicted octanol–water partition coefficient (Wildman–Crippen LogP) is 4.05. The molecule has 0 unspecified atom stereocenters. The molecule has 14 heavy (non-hydrogen) atoms. The quantitative estimate of drug-likeness (QED) is 0.685. The summed E-state index contributed by atoms with van der Waals surface area (Å²) < 4.78 is 0. The molecular weight excluding hydrogens is 249 g/mol. The third-order valence-corrected chi connectivity index (χ3v) is 0.442. The van der Waals surface area contributed by atoms with Crippen LogP contribution in [0.25, 0.3) is 0 Å². The summed E-state index contributed by atoms with van der Waals surface area (Å²) in [6, 6.07) is 3.71. The van der Waals surface area contributed by atoms with Crippen molar-refractivity contribution in [2.24, 2.45) is 0 Å². The Kier molecular flexibility index (Phi) is 22.0. The van der Waals surface area contributed by atoms with Crippen LogP contribution < -0.4 is 0 Å². The monoisotopic (exact) mass is 270 g/mol. The summed E-state index contributed by atoms with van der Waals surface area (Å²) in [7, 11) is 0. The van der Waals surface area contributed by atoms with Gasteiger partial charge in [-0.15, -0.1) is 6.20 Å². The molecule has 0 amide bonds. The van der Waals surface area contributed by atoms with Crippen molar-refractivity contribution < 1.29 is 26.2 Å². The van der Waals surface area contributed by atoms with E-state index in [4.69, 9.17) is 0 Å². The first-order chi connectivity index (χ1) is 5.96. The summed E-state index contributed by atoms with van der Waals surface area (Å²) in [6.07, 6.45) is 4.56. The smallest absolute Gasteiger partial charge is 0.484 e. The first-order valence-corrected chi connectivity index (χ1v) is 4.49. The van der Waals surface area contributed by atoms with Crippen molar-refractivity contribution in [3.8, 4) is 0 Å². The minimum atomic E-state index is 0. The zero-order valence-corrected chi connectivity index (χ0v) is 12.7. The van der Waals surface area contributed by atoms with Crippen molar-refractivity contribution in [3.05, 3.63) is 36.4 Å². The molecule has 1 aromatic heterocycles. The molecule has 2 heteroatoms. The Bertz CT molecular complexity index is 117. The first-order valence-electron chi connectivity index (χ1n) is 4.49. The van der Waals surface area contributed by atoms with Crippen molar-refractivity contribution in [1.82, 2.24) is 4.98 Å². The van der Waals surface area contributed by atoms with E-state index < -0.39 is 0 Å². The van der Waals surface area contributed by atoms with E-state index in [1.54, 1.807) is 0 Å². The van der Waals surface area contributed by atoms with Gasteiger partial charge in [0.25, 0.3) is 0 Å². The summed E-state index contributed by atoms with van der Waals surface area (Å²) in [5.74, 6) is 2.83. The molecule has 0 aromatic carbocycles. The zero-order valence-electron chi connectivity index (χ0n) is 10.2. The summed E-state index contributed by atoms with van der Waals surface area (Å²) in [5, 5.41) is 0. The van der Waals surface area contributed by atoms with Crippen LogP contribution in [0.5, 0.6) is 0 Å². The van der Waals surface area contributed by atoms with Gasteiger partial charge in [0.1, 0.15) is 0 Å². The molecule has 0 fully saturated rings. The number of hydrogen-bond donors (Lipinski definition) is 1. The zero-order chi connectivity index (χ0) is 10.7. The van der Waals surface area contributed by atoms with E-state index in [1.807, 2.05) is 18.3 Å². The van der Waals surface area contributed by atoms with Gasteiger partial charge in [0.2, 0.25) is 0 Å². The Morgan fingerprint density at radius 3 is 1.36 bits per heavy atom. The summed E-state index contributed by atoms with van der Waals surface area (Å²) in [6.45, 7) is 12.5. The molecule has 0 saturated heterocycles. The maximum Gasteiger partial charge on any atom is 3.00 e. The number of H-pyrrole nitrogens is 1. The van der Waals surface area contributed by atoms with Crippen molar-refractivity contribution in [3.63, 3.8) is 0 Å². The van der Waals surface area contributed by atoms with Gasteiger partial charge >= 0.3 is 26.2 Å². The maximum atomic E-state index is 2.74. The SMILES string of the molecule is C[C-](C)C.C[C-](C)C.[Zr+3].[c-]1ccc[nH]1. The molecule has 1 heterocycles. The van der Waals surface area contributed by atoms with Crippen LogP contribution in [0, 0.1) is 18.0 Å². The van der Waals surface area contributed by atoms with Gasteiger partial charge < -0.3 is 16.8 Å². The molecule has 79 valence electrons. The Morgan fingerprint density at radius 2 is 1.29 bits per heavy atom. The van der Waals surface area contributed by atoms with E-state index in [9.17, 15) is 0 Å². The van der Waals surface area contributed by atoms with Gasteiger partial charge in [-0.25, -0.2) is 0 Å². The number of aromatic amines is 1. The van der Waals surface area contributed by atoms with E-state index in [1.165, 1.54) is 11.8 Å². The number of rotatable bonds is 0. The van der Waals surface area contributed by atoms with Gasteiger partial charge in [-0.05, 0) is 0 Å². The fourth-order valence-electron chi connectivity index (χ4n) is 0.241. The van der Waals surface area contributed by atoms with E-state index in [0.717, 1.165) is 0 Å². The van der Waals surface area contributed by atoms with Gasteiger partial charge in [-0.1, -0.05) is 0 Å². The Labute approximate surface area is 109 Å². The van der Waals surface area contributed by atoms with Gasteiger partial charge in [-0.2, -0.15) is 59.9 Å². The number of nitrogens with one attached hydrogen (secondary N) is 1. The molecule has 0 aliphatic rings. The molecule has 1 radical (unpaired) electrons. The fourth-order valence-corrected chi connectivity index (χ4v) is 0.241. The van der Waals surface area contributed by atoms with Gasteiger partial charge in [0, 0.05) is 0 Å². The normalized spacial score (nSPS) is 8.00. The average Bonchev–Trinajstić information content (AvgIpc) is 2.35. The molecule has 1 N–H and O–H groups in total. The van der Waals surface area contributed by atoms with Crippen LogP contribution in [0.15, 0.2) is 18.3 Å². The third kappa shape index (κ3) is 56.9. The van der Waals surface area contributed by atoms with E-state index in [-0.39, 0.29) is 26.2 Å². The van der Waals surface area contributed by atoms with E-state index >= 15 is 0 Å². The minimum absolute atomic E-state index is 0. The predicted molar refractivity (Wildman–Crippen MR) is 60.2 cm³/mol. The van der Waals surface area contributed by atoms with Gasteiger partial charge in [-0.3, -0.25) is 0 Å². The van der Waals surface area contributed by atoms with Crippen molar-refractivity contribution in [2.45, 2.75) is 41.5 Å². The molecule has 0 spiro atoms. The summed E-state index contributed by atoms with van der Waals surface area (Å²) >= 11 is 0. The second-order valence-corrected chi connectivity index (χ2v) is 3.81. The molecule has 0 saturated carbocycles. The second-order valence-electron chi connectivity index (χ2n) is 3.81. The van der Waals surface area contributed by atoms with Gasteiger partial charge in [0.15, 0.2) is 0 Å². The van der Waals surface area contributed by atoms with Crippen LogP contribution >= 0.6 is 0 Å². The Balaban J connectivity index is -0.000000127. The topological polar surface area (TPSA) is 15.8 Å². The largest absolute Gasteiger partial charge is 3.00 e. The molecule has 1 rings (SSSR count). The first kappa shape index (κ1) is 19.7. The molecule has 0 aliphatic carbocycles. The average molecular weight is 272 g/mol. The van der Waals surface area contributed by atoms with Crippen LogP contribution in [0.2, 0.25) is 0 Å². The molecule has 0 atom stereocenters. The summed E-state index contributed by atoms with van der Waals surface area (Å²) in [5.41, 5.74) is 0.